The van der Waals surface area contributed by atoms with Gasteiger partial charge in [-0.2, -0.15) is 4.68 Å². The molecule has 0 unspecified atom stereocenters. The summed E-state index contributed by atoms with van der Waals surface area (Å²) < 4.78 is 3.19. The summed E-state index contributed by atoms with van der Waals surface area (Å²) in [6, 6.07) is 19.7. The molecule has 0 N–H and O–H groups in total. The Kier molecular flexibility index (Phi) is 3.85. The number of hydrogen-bond donors (Lipinski definition) is 0. The van der Waals surface area contributed by atoms with Crippen molar-refractivity contribution in [3.63, 3.8) is 0 Å². The Morgan fingerprint density at radius 3 is 2.40 bits per heavy atom. The van der Waals surface area contributed by atoms with Gasteiger partial charge >= 0.3 is 0 Å². The topological polar surface area (TPSA) is 65.6 Å². The lowest BCUT2D eigenvalue weighted by Gasteiger charge is -2.13. The van der Waals surface area contributed by atoms with E-state index in [0.29, 0.717) is 12.2 Å². The van der Waals surface area contributed by atoms with Crippen LogP contribution in [0.1, 0.15) is 18.4 Å². The molecule has 0 amide bonds. The van der Waals surface area contributed by atoms with E-state index in [2.05, 4.69) is 34.4 Å². The van der Waals surface area contributed by atoms with E-state index in [4.69, 9.17) is 0 Å². The second kappa shape index (κ2) is 6.32. The van der Waals surface area contributed by atoms with Crippen LogP contribution in [-0.4, -0.2) is 24.5 Å². The molecule has 0 spiro atoms. The Balaban J connectivity index is 1.71. The molecule has 0 fully saturated rings. The molecule has 2 aromatic heterocycles. The van der Waals surface area contributed by atoms with Gasteiger partial charge in [0.05, 0.1) is 5.69 Å². The van der Waals surface area contributed by atoms with E-state index >= 15 is 0 Å². The molecule has 1 atom stereocenters. The van der Waals surface area contributed by atoms with Crippen molar-refractivity contribution in [2.24, 2.45) is 0 Å². The molecular weight excluding hydrogens is 314 g/mol. The Hall–Kier alpha value is -3.28. The molecule has 0 aliphatic heterocycles. The van der Waals surface area contributed by atoms with Gasteiger partial charge in [-0.25, -0.2) is 4.98 Å². The largest absolute Gasteiger partial charge is 0.297 e. The van der Waals surface area contributed by atoms with Crippen LogP contribution in [0.4, 0.5) is 0 Å². The lowest BCUT2D eigenvalue weighted by molar-refractivity contribution is 0.576. The van der Waals surface area contributed by atoms with Crippen LogP contribution in [0.5, 0.6) is 0 Å². The van der Waals surface area contributed by atoms with Crippen LogP contribution < -0.4 is 5.56 Å². The quantitative estimate of drug-likeness (QED) is 0.577. The minimum absolute atomic E-state index is 0.171. The van der Waals surface area contributed by atoms with E-state index in [1.165, 1.54) is 5.56 Å². The van der Waals surface area contributed by atoms with Crippen molar-refractivity contribution in [2.75, 3.05) is 0 Å². The number of aromatic nitrogens is 5. The molecule has 25 heavy (non-hydrogen) atoms. The second-order valence-corrected chi connectivity index (χ2v) is 6.02. The zero-order chi connectivity index (χ0) is 17.2. The Bertz CT molecular complexity index is 1050. The molecule has 4 aromatic rings. The van der Waals surface area contributed by atoms with Crippen molar-refractivity contribution in [3.05, 3.63) is 82.9 Å². The number of para-hydroxylation sites is 1. The number of benzene rings is 2. The number of fused-ring (bicyclic) bond motifs is 1. The van der Waals surface area contributed by atoms with Gasteiger partial charge in [-0.15, -0.1) is 5.10 Å². The zero-order valence-corrected chi connectivity index (χ0v) is 13.8. The van der Waals surface area contributed by atoms with E-state index < -0.39 is 0 Å². The summed E-state index contributed by atoms with van der Waals surface area (Å²) in [7, 11) is 0. The van der Waals surface area contributed by atoms with Gasteiger partial charge in [0.15, 0.2) is 11.2 Å². The molecule has 0 bridgehead atoms. The van der Waals surface area contributed by atoms with Crippen molar-refractivity contribution >= 4 is 11.2 Å². The highest BCUT2D eigenvalue weighted by atomic mass is 16.1. The van der Waals surface area contributed by atoms with Crippen molar-refractivity contribution in [3.8, 4) is 5.69 Å². The van der Waals surface area contributed by atoms with Crippen molar-refractivity contribution in [1.29, 1.82) is 0 Å². The zero-order valence-electron chi connectivity index (χ0n) is 13.8. The lowest BCUT2D eigenvalue weighted by Crippen LogP contribution is -2.23. The molecule has 0 aliphatic carbocycles. The van der Waals surface area contributed by atoms with E-state index in [0.717, 1.165) is 5.69 Å². The van der Waals surface area contributed by atoms with E-state index in [1.54, 1.807) is 15.6 Å². The van der Waals surface area contributed by atoms with Gasteiger partial charge in [0, 0.05) is 6.54 Å². The van der Waals surface area contributed by atoms with Gasteiger partial charge in [0.2, 0.25) is 0 Å². The van der Waals surface area contributed by atoms with E-state index in [9.17, 15) is 4.79 Å². The highest BCUT2D eigenvalue weighted by Gasteiger charge is 2.15. The molecule has 124 valence electrons. The van der Waals surface area contributed by atoms with E-state index in [-0.39, 0.29) is 17.0 Å². The summed E-state index contributed by atoms with van der Waals surface area (Å²) in [6.45, 7) is 2.64. The molecule has 0 aliphatic rings. The third kappa shape index (κ3) is 2.82. The van der Waals surface area contributed by atoms with E-state index in [1.807, 2.05) is 48.5 Å². The minimum Gasteiger partial charge on any atom is -0.297 e. The van der Waals surface area contributed by atoms with Gasteiger partial charge in [0.25, 0.3) is 5.56 Å². The first-order valence-electron chi connectivity index (χ1n) is 8.15. The molecule has 0 radical (unpaired) electrons. The van der Waals surface area contributed by atoms with Crippen LogP contribution in [0, 0.1) is 0 Å². The van der Waals surface area contributed by atoms with Gasteiger partial charge < -0.3 is 0 Å². The summed E-state index contributed by atoms with van der Waals surface area (Å²) in [4.78, 5) is 17.2. The molecular formula is C19H17N5O. The van der Waals surface area contributed by atoms with Crippen LogP contribution in [0.3, 0.4) is 0 Å². The summed E-state index contributed by atoms with van der Waals surface area (Å²) in [5.41, 5.74) is 2.59. The highest BCUT2D eigenvalue weighted by Crippen LogP contribution is 2.17. The molecule has 2 heterocycles. The molecule has 4 rings (SSSR count). The third-order valence-corrected chi connectivity index (χ3v) is 4.27. The monoisotopic (exact) mass is 331 g/mol. The van der Waals surface area contributed by atoms with Crippen LogP contribution in [-0.2, 0) is 6.54 Å². The number of nitrogens with zero attached hydrogens (tertiary/aromatic N) is 5. The fraction of sp³-hybridized carbons (Fsp3) is 0.158. The average molecular weight is 331 g/mol. The predicted molar refractivity (Wildman–Crippen MR) is 95.8 cm³/mol. The highest BCUT2D eigenvalue weighted by molar-refractivity contribution is 5.70. The third-order valence-electron chi connectivity index (χ3n) is 4.27. The average Bonchev–Trinajstić information content (AvgIpc) is 3.10. The summed E-state index contributed by atoms with van der Waals surface area (Å²) in [5.74, 6) is 0.197. The SMILES string of the molecule is C[C@H](Cn1cnc2c(nnn2-c2ccccc2)c1=O)c1ccccc1. The Morgan fingerprint density at radius 2 is 1.68 bits per heavy atom. The summed E-state index contributed by atoms with van der Waals surface area (Å²) in [6.07, 6.45) is 1.58. The summed E-state index contributed by atoms with van der Waals surface area (Å²) in [5, 5.41) is 8.15. The maximum Gasteiger partial charge on any atom is 0.283 e. The summed E-state index contributed by atoms with van der Waals surface area (Å²) >= 11 is 0. The molecule has 2 aromatic carbocycles. The van der Waals surface area contributed by atoms with Crippen LogP contribution >= 0.6 is 0 Å². The fourth-order valence-electron chi connectivity index (χ4n) is 2.90. The maximum atomic E-state index is 12.7. The van der Waals surface area contributed by atoms with Crippen LogP contribution in [0.2, 0.25) is 0 Å². The minimum atomic E-state index is -0.171. The van der Waals surface area contributed by atoms with Crippen molar-refractivity contribution < 1.29 is 0 Å². The van der Waals surface area contributed by atoms with Gasteiger partial charge in [-0.1, -0.05) is 60.7 Å². The van der Waals surface area contributed by atoms with Gasteiger partial charge in [0.1, 0.15) is 6.33 Å². The molecule has 6 heteroatoms. The molecule has 0 saturated heterocycles. The first kappa shape index (κ1) is 15.3. The number of rotatable bonds is 4. The predicted octanol–water partition coefficient (Wildman–Crippen LogP) is 2.78. The Labute approximate surface area is 144 Å². The molecule has 6 nitrogen and oxygen atoms in total. The Morgan fingerprint density at radius 1 is 1.00 bits per heavy atom. The van der Waals surface area contributed by atoms with Crippen molar-refractivity contribution in [2.45, 2.75) is 19.4 Å². The van der Waals surface area contributed by atoms with Crippen LogP contribution in [0.15, 0.2) is 71.8 Å². The smallest absolute Gasteiger partial charge is 0.283 e. The van der Waals surface area contributed by atoms with Gasteiger partial charge in [-0.3, -0.25) is 9.36 Å². The first-order valence-corrected chi connectivity index (χ1v) is 8.15. The van der Waals surface area contributed by atoms with Crippen LogP contribution in [0.25, 0.3) is 16.9 Å². The normalized spacial score (nSPS) is 12.4. The lowest BCUT2D eigenvalue weighted by atomic mass is 10.0. The second-order valence-electron chi connectivity index (χ2n) is 6.02. The fourth-order valence-corrected chi connectivity index (χ4v) is 2.90. The first-order chi connectivity index (χ1) is 12.2. The van der Waals surface area contributed by atoms with Crippen molar-refractivity contribution in [1.82, 2.24) is 24.5 Å². The van der Waals surface area contributed by atoms with Gasteiger partial charge in [-0.05, 0) is 23.6 Å². The molecule has 0 saturated carbocycles. The number of hydrogen-bond acceptors (Lipinski definition) is 4. The maximum absolute atomic E-state index is 12.7. The standard InChI is InChI=1S/C19H17N5O/c1-14(15-8-4-2-5-9-15)12-23-13-20-18-17(19(23)25)21-22-24(18)16-10-6-3-7-11-16/h2-11,13-14H,12H2,1H3/t14-/m1/s1.